The molecule has 5 N–H and O–H groups in total. The average Bonchev–Trinajstić information content (AvgIpc) is 3.19. The van der Waals surface area contributed by atoms with Gasteiger partial charge in [0.15, 0.2) is 11.9 Å². The molecule has 0 saturated carbocycles. The fourth-order valence-corrected chi connectivity index (χ4v) is 2.18. The highest BCUT2D eigenvalue weighted by Crippen LogP contribution is 2.29. The summed E-state index contributed by atoms with van der Waals surface area (Å²) in [6, 6.07) is 0. The summed E-state index contributed by atoms with van der Waals surface area (Å²) in [6.07, 6.45) is -2.20. The van der Waals surface area contributed by atoms with Crippen molar-refractivity contribution in [3.8, 4) is 11.5 Å². The minimum atomic E-state index is -1.29. The molecule has 1 fully saturated rings. The number of carbonyl (C=O) groups is 1. The van der Waals surface area contributed by atoms with Crippen molar-refractivity contribution in [2.45, 2.75) is 24.5 Å². The molecular formula is C11H13N5O6. The SMILES string of the molecule is NC(=O)c1conc1-c1ncn([C@@H]2O[C@H](CO)C(O)C2O)n1. The van der Waals surface area contributed by atoms with Crippen molar-refractivity contribution in [2.75, 3.05) is 6.61 Å². The quantitative estimate of drug-likeness (QED) is 0.482. The highest BCUT2D eigenvalue weighted by molar-refractivity contribution is 5.97. The molecule has 1 aliphatic rings. The lowest BCUT2D eigenvalue weighted by Crippen LogP contribution is -2.33. The minimum absolute atomic E-state index is 0.0129. The van der Waals surface area contributed by atoms with Crippen LogP contribution in [-0.4, -0.2) is 66.1 Å². The lowest BCUT2D eigenvalue weighted by molar-refractivity contribution is -0.0587. The Morgan fingerprint density at radius 3 is 2.82 bits per heavy atom. The molecule has 0 aliphatic carbocycles. The molecule has 0 spiro atoms. The molecular weight excluding hydrogens is 298 g/mol. The standard InChI is InChI=1S/C11H13N5O6/c12-9(20)4-2-21-15-6(4)10-13-3-16(14-10)11-8(19)7(18)5(1-17)22-11/h2-3,5,7-8,11,17-19H,1H2,(H2,12,20)/t5-,7?,8?,11-/m1/s1. The Hall–Kier alpha value is -2.34. The molecule has 11 nitrogen and oxygen atoms in total. The minimum Gasteiger partial charge on any atom is -0.394 e. The number of aromatic nitrogens is 4. The Labute approximate surface area is 122 Å². The second-order valence-corrected chi connectivity index (χ2v) is 4.72. The summed E-state index contributed by atoms with van der Waals surface area (Å²) in [5, 5.41) is 36.3. The number of rotatable bonds is 4. The smallest absolute Gasteiger partial charge is 0.254 e. The number of primary amides is 1. The maximum absolute atomic E-state index is 11.2. The first-order valence-electron chi connectivity index (χ1n) is 6.31. The highest BCUT2D eigenvalue weighted by Gasteiger charge is 2.44. The summed E-state index contributed by atoms with van der Waals surface area (Å²) in [4.78, 5) is 15.2. The molecule has 118 valence electrons. The van der Waals surface area contributed by atoms with Gasteiger partial charge in [-0.1, -0.05) is 5.16 Å². The Bertz CT molecular complexity index is 684. The van der Waals surface area contributed by atoms with E-state index in [1.165, 1.54) is 6.33 Å². The van der Waals surface area contributed by atoms with Gasteiger partial charge in [-0.05, 0) is 0 Å². The largest absolute Gasteiger partial charge is 0.394 e. The van der Waals surface area contributed by atoms with Crippen molar-refractivity contribution >= 4 is 5.91 Å². The molecule has 2 unspecified atom stereocenters. The third-order valence-corrected chi connectivity index (χ3v) is 3.33. The van der Waals surface area contributed by atoms with Crippen molar-refractivity contribution in [1.29, 1.82) is 0 Å². The number of nitrogens with zero attached hydrogens (tertiary/aromatic N) is 4. The summed E-state index contributed by atoms with van der Waals surface area (Å²) >= 11 is 0. The molecule has 0 radical (unpaired) electrons. The third-order valence-electron chi connectivity index (χ3n) is 3.33. The van der Waals surface area contributed by atoms with Gasteiger partial charge >= 0.3 is 0 Å². The van der Waals surface area contributed by atoms with Gasteiger partial charge in [0.05, 0.1) is 6.61 Å². The molecule has 3 heterocycles. The van der Waals surface area contributed by atoms with Crippen LogP contribution in [0.4, 0.5) is 0 Å². The summed E-state index contributed by atoms with van der Waals surface area (Å²) in [5.74, 6) is -0.708. The number of nitrogens with two attached hydrogens (primary N) is 1. The Kier molecular flexibility index (Phi) is 3.62. The molecule has 0 bridgehead atoms. The van der Waals surface area contributed by atoms with Crippen molar-refractivity contribution in [3.63, 3.8) is 0 Å². The molecule has 2 aromatic rings. The van der Waals surface area contributed by atoms with E-state index in [0.29, 0.717) is 0 Å². The molecule has 1 aliphatic heterocycles. The zero-order valence-corrected chi connectivity index (χ0v) is 11.1. The maximum Gasteiger partial charge on any atom is 0.254 e. The van der Waals surface area contributed by atoms with Crippen LogP contribution < -0.4 is 5.73 Å². The number of amides is 1. The molecule has 3 rings (SSSR count). The van der Waals surface area contributed by atoms with E-state index in [-0.39, 0.29) is 17.1 Å². The molecule has 22 heavy (non-hydrogen) atoms. The normalized spacial score (nSPS) is 28.1. The summed E-state index contributed by atoms with van der Waals surface area (Å²) in [6.45, 7) is -0.453. The van der Waals surface area contributed by atoms with Gasteiger partial charge < -0.3 is 30.3 Å². The topological polar surface area (TPSA) is 170 Å². The predicted octanol–water partition coefficient (Wildman–Crippen LogP) is -2.36. The van der Waals surface area contributed by atoms with Gasteiger partial charge in [0, 0.05) is 0 Å². The zero-order chi connectivity index (χ0) is 15.9. The van der Waals surface area contributed by atoms with E-state index in [1.807, 2.05) is 0 Å². The van der Waals surface area contributed by atoms with Crippen LogP contribution >= 0.6 is 0 Å². The summed E-state index contributed by atoms with van der Waals surface area (Å²) < 4.78 is 11.1. The maximum atomic E-state index is 11.2. The van der Waals surface area contributed by atoms with Gasteiger partial charge in [0.2, 0.25) is 5.82 Å². The lowest BCUT2D eigenvalue weighted by atomic mass is 10.1. The van der Waals surface area contributed by atoms with E-state index in [4.69, 9.17) is 15.6 Å². The molecule has 2 aromatic heterocycles. The van der Waals surface area contributed by atoms with Crippen LogP contribution in [0.5, 0.6) is 0 Å². The third kappa shape index (κ3) is 2.25. The number of carbonyl (C=O) groups excluding carboxylic acids is 1. The highest BCUT2D eigenvalue weighted by atomic mass is 16.6. The van der Waals surface area contributed by atoms with Crippen molar-refractivity contribution < 1.29 is 29.4 Å². The van der Waals surface area contributed by atoms with Gasteiger partial charge in [-0.2, -0.15) is 0 Å². The molecule has 1 saturated heterocycles. The van der Waals surface area contributed by atoms with Crippen molar-refractivity contribution in [3.05, 3.63) is 18.2 Å². The molecule has 1 amide bonds. The zero-order valence-electron chi connectivity index (χ0n) is 11.1. The molecule has 11 heteroatoms. The van der Waals surface area contributed by atoms with E-state index in [1.54, 1.807) is 0 Å². The predicted molar refractivity (Wildman–Crippen MR) is 67.0 cm³/mol. The van der Waals surface area contributed by atoms with Crippen molar-refractivity contribution in [1.82, 2.24) is 19.9 Å². The Balaban J connectivity index is 1.88. The fourth-order valence-electron chi connectivity index (χ4n) is 2.18. The van der Waals surface area contributed by atoms with Gasteiger partial charge in [-0.25, -0.2) is 9.67 Å². The van der Waals surface area contributed by atoms with E-state index >= 15 is 0 Å². The number of hydrogen-bond donors (Lipinski definition) is 4. The van der Waals surface area contributed by atoms with Gasteiger partial charge in [0.1, 0.15) is 36.5 Å². The van der Waals surface area contributed by atoms with Crippen molar-refractivity contribution in [2.24, 2.45) is 5.73 Å². The van der Waals surface area contributed by atoms with Gasteiger partial charge in [-0.15, -0.1) is 5.10 Å². The van der Waals surface area contributed by atoms with Crippen LogP contribution in [0, 0.1) is 0 Å². The van der Waals surface area contributed by atoms with Gasteiger partial charge in [0.25, 0.3) is 5.91 Å². The lowest BCUT2D eigenvalue weighted by Gasteiger charge is -2.13. The first-order valence-corrected chi connectivity index (χ1v) is 6.31. The van der Waals surface area contributed by atoms with Crippen LogP contribution in [0.15, 0.2) is 17.1 Å². The Morgan fingerprint density at radius 2 is 2.18 bits per heavy atom. The number of hydrogen-bond acceptors (Lipinski definition) is 9. The Morgan fingerprint density at radius 1 is 1.41 bits per heavy atom. The van der Waals surface area contributed by atoms with E-state index in [9.17, 15) is 15.0 Å². The second kappa shape index (κ2) is 5.46. The monoisotopic (exact) mass is 311 g/mol. The van der Waals surface area contributed by atoms with E-state index in [2.05, 4.69) is 19.8 Å². The van der Waals surface area contributed by atoms with Gasteiger partial charge in [-0.3, -0.25) is 4.79 Å². The number of aliphatic hydroxyl groups excluding tert-OH is 3. The number of ether oxygens (including phenoxy) is 1. The van der Waals surface area contributed by atoms with E-state index < -0.39 is 37.1 Å². The first-order chi connectivity index (χ1) is 10.5. The van der Waals surface area contributed by atoms with Crippen LogP contribution in [0.2, 0.25) is 0 Å². The molecule has 4 atom stereocenters. The average molecular weight is 311 g/mol. The van der Waals surface area contributed by atoms with Crippen LogP contribution in [0.25, 0.3) is 11.5 Å². The first kappa shape index (κ1) is 14.6. The number of aliphatic hydroxyl groups is 3. The summed E-state index contributed by atoms with van der Waals surface area (Å²) in [7, 11) is 0. The van der Waals surface area contributed by atoms with Crippen LogP contribution in [-0.2, 0) is 4.74 Å². The van der Waals surface area contributed by atoms with E-state index in [0.717, 1.165) is 10.9 Å². The van der Waals surface area contributed by atoms with Crippen LogP contribution in [0.3, 0.4) is 0 Å². The molecule has 0 aromatic carbocycles. The fraction of sp³-hybridized carbons (Fsp3) is 0.455. The summed E-state index contributed by atoms with van der Waals surface area (Å²) in [5.41, 5.74) is 5.24. The second-order valence-electron chi connectivity index (χ2n) is 4.72. The van der Waals surface area contributed by atoms with Crippen LogP contribution in [0.1, 0.15) is 16.6 Å².